The third-order valence-electron chi connectivity index (χ3n) is 4.22. The summed E-state index contributed by atoms with van der Waals surface area (Å²) in [6.07, 6.45) is -0.480. The fraction of sp³-hybridized carbons (Fsp3) is 0.500. The molecule has 8 N–H and O–H groups in total. The van der Waals surface area contributed by atoms with Gasteiger partial charge < -0.3 is 45.3 Å². The predicted molar refractivity (Wildman–Crippen MR) is 123 cm³/mol. The van der Waals surface area contributed by atoms with Crippen molar-refractivity contribution in [1.82, 2.24) is 9.55 Å². The molecule has 1 saturated heterocycles. The Balaban J connectivity index is 2.20. The molecule has 1 aromatic rings. The number of hydrogen-bond donors (Lipinski definition) is 6. The van der Waals surface area contributed by atoms with Crippen LogP contribution >= 0.6 is 23.5 Å². The van der Waals surface area contributed by atoms with Gasteiger partial charge in [0.15, 0.2) is 0 Å². The van der Waals surface area contributed by atoms with E-state index < -0.39 is 54.2 Å². The van der Waals surface area contributed by atoms with Crippen LogP contribution < -0.4 is 17.2 Å². The zero-order valence-electron chi connectivity index (χ0n) is 18.9. The molecule has 37 heavy (non-hydrogen) atoms. The minimum Gasteiger partial charge on any atom is -0.382 e. The van der Waals surface area contributed by atoms with Crippen molar-refractivity contribution in [3.63, 3.8) is 0 Å². The van der Waals surface area contributed by atoms with Gasteiger partial charge in [-0.1, -0.05) is 17.9 Å². The summed E-state index contributed by atoms with van der Waals surface area (Å²) in [6.45, 7) is 2.53. The fourth-order valence-electron chi connectivity index (χ4n) is 2.86. The SMILES string of the molecule is C=CCOCO[C@@H]1C[C@H](n2cc(C#CCN)c(N)nc2=O)O[C@@H]1COP(=O)(O)OP(=O)(O)OP(=O)(O)O. The molecule has 0 aromatic carbocycles. The minimum atomic E-state index is -5.71. The lowest BCUT2D eigenvalue weighted by atomic mass is 10.2. The molecule has 0 bridgehead atoms. The maximum Gasteiger partial charge on any atom is 0.490 e. The molecule has 18 nitrogen and oxygen atoms in total. The number of aromatic nitrogens is 2. The van der Waals surface area contributed by atoms with Crippen LogP contribution in [0.2, 0.25) is 0 Å². The molecular formula is C16H25N4O14P3. The number of phosphoric acid groups is 3. The van der Waals surface area contributed by atoms with Gasteiger partial charge in [-0.3, -0.25) is 9.09 Å². The summed E-state index contributed by atoms with van der Waals surface area (Å²) in [7, 11) is -16.7. The van der Waals surface area contributed by atoms with Gasteiger partial charge in [-0.15, -0.1) is 6.58 Å². The van der Waals surface area contributed by atoms with Gasteiger partial charge in [-0.25, -0.2) is 18.5 Å². The van der Waals surface area contributed by atoms with Crippen LogP contribution in [0.15, 0.2) is 23.6 Å². The Hall–Kier alpha value is -1.77. The summed E-state index contributed by atoms with van der Waals surface area (Å²) >= 11 is 0. The number of phosphoric ester groups is 1. The molecule has 5 atom stereocenters. The van der Waals surface area contributed by atoms with Crippen LogP contribution in [0.3, 0.4) is 0 Å². The lowest BCUT2D eigenvalue weighted by Gasteiger charge is -2.21. The second kappa shape index (κ2) is 13.3. The Labute approximate surface area is 209 Å². The maximum absolute atomic E-state index is 12.4. The molecule has 1 aliphatic rings. The Kier molecular flexibility index (Phi) is 11.3. The maximum atomic E-state index is 12.4. The van der Waals surface area contributed by atoms with E-state index in [-0.39, 0.29) is 37.7 Å². The van der Waals surface area contributed by atoms with Crippen molar-refractivity contribution in [2.24, 2.45) is 5.73 Å². The van der Waals surface area contributed by atoms with Crippen molar-refractivity contribution in [1.29, 1.82) is 0 Å². The van der Waals surface area contributed by atoms with Gasteiger partial charge in [0.1, 0.15) is 24.9 Å². The van der Waals surface area contributed by atoms with E-state index in [4.69, 9.17) is 35.5 Å². The van der Waals surface area contributed by atoms with Crippen LogP contribution in [-0.4, -0.2) is 67.9 Å². The first-order chi connectivity index (χ1) is 17.2. The molecule has 21 heteroatoms. The number of hydrogen-bond acceptors (Lipinski definition) is 13. The van der Waals surface area contributed by atoms with Gasteiger partial charge in [-0.05, 0) is 0 Å². The first kappa shape index (κ1) is 31.4. The van der Waals surface area contributed by atoms with Crippen LogP contribution in [0, 0.1) is 11.8 Å². The molecule has 0 radical (unpaired) electrons. The van der Waals surface area contributed by atoms with Crippen molar-refractivity contribution in [3.05, 3.63) is 34.9 Å². The second-order valence-electron chi connectivity index (χ2n) is 6.97. The summed E-state index contributed by atoms with van der Waals surface area (Å²) in [4.78, 5) is 52.3. The molecular weight excluding hydrogens is 565 g/mol. The van der Waals surface area contributed by atoms with Crippen molar-refractivity contribution in [2.45, 2.75) is 24.9 Å². The predicted octanol–water partition coefficient (Wildman–Crippen LogP) is -0.688. The van der Waals surface area contributed by atoms with Gasteiger partial charge in [-0.2, -0.15) is 13.6 Å². The monoisotopic (exact) mass is 590 g/mol. The molecule has 2 rings (SSSR count). The highest BCUT2D eigenvalue weighted by Gasteiger charge is 2.43. The zero-order valence-corrected chi connectivity index (χ0v) is 21.6. The Morgan fingerprint density at radius 2 is 1.95 bits per heavy atom. The first-order valence-corrected chi connectivity index (χ1v) is 14.5. The highest BCUT2D eigenvalue weighted by atomic mass is 31.3. The number of nitrogen functional groups attached to an aromatic ring is 1. The van der Waals surface area contributed by atoms with E-state index in [0.717, 1.165) is 4.57 Å². The normalized spacial score (nSPS) is 23.0. The number of rotatable bonds is 13. The molecule has 0 amide bonds. The summed E-state index contributed by atoms with van der Waals surface area (Å²) in [5.41, 5.74) is 10.4. The molecule has 208 valence electrons. The van der Waals surface area contributed by atoms with Gasteiger partial charge in [0, 0.05) is 12.6 Å². The van der Waals surface area contributed by atoms with Crippen LogP contribution in [-0.2, 0) is 41.1 Å². The third kappa shape index (κ3) is 10.5. The number of nitrogens with zero attached hydrogens (tertiary/aromatic N) is 2. The van der Waals surface area contributed by atoms with E-state index in [0.29, 0.717) is 0 Å². The van der Waals surface area contributed by atoms with Crippen LogP contribution in [0.1, 0.15) is 18.2 Å². The summed E-state index contributed by atoms with van der Waals surface area (Å²) < 4.78 is 63.8. The molecule has 2 heterocycles. The lowest BCUT2D eigenvalue weighted by molar-refractivity contribution is -0.113. The number of anilines is 1. The highest BCUT2D eigenvalue weighted by molar-refractivity contribution is 7.66. The van der Waals surface area contributed by atoms with E-state index in [1.807, 2.05) is 0 Å². The third-order valence-corrected chi connectivity index (χ3v) is 8.02. The zero-order chi connectivity index (χ0) is 27.9. The average Bonchev–Trinajstić information content (AvgIpc) is 3.15. The molecule has 2 unspecified atom stereocenters. The Morgan fingerprint density at radius 3 is 2.57 bits per heavy atom. The molecule has 0 spiro atoms. The summed E-state index contributed by atoms with van der Waals surface area (Å²) in [6, 6.07) is 0. The van der Waals surface area contributed by atoms with Gasteiger partial charge in [0.05, 0.1) is 31.4 Å². The quantitative estimate of drug-likeness (QED) is 0.0545. The van der Waals surface area contributed by atoms with Gasteiger partial charge >= 0.3 is 29.2 Å². The topological polar surface area (TPSA) is 274 Å². The van der Waals surface area contributed by atoms with E-state index in [2.05, 4.69) is 36.5 Å². The van der Waals surface area contributed by atoms with E-state index in [1.54, 1.807) is 0 Å². The Morgan fingerprint density at radius 1 is 1.24 bits per heavy atom. The second-order valence-corrected chi connectivity index (χ2v) is 11.4. The van der Waals surface area contributed by atoms with Crippen molar-refractivity contribution < 1.29 is 60.6 Å². The number of ether oxygens (including phenoxy) is 3. The molecule has 0 saturated carbocycles. The van der Waals surface area contributed by atoms with Gasteiger partial charge in [0.2, 0.25) is 0 Å². The van der Waals surface area contributed by atoms with E-state index >= 15 is 0 Å². The lowest BCUT2D eigenvalue weighted by Crippen LogP contribution is -2.30. The molecule has 1 fully saturated rings. The summed E-state index contributed by atoms with van der Waals surface area (Å²) in [5, 5.41) is 0. The van der Waals surface area contributed by atoms with E-state index in [1.165, 1.54) is 12.3 Å². The van der Waals surface area contributed by atoms with Crippen molar-refractivity contribution >= 4 is 29.3 Å². The molecule has 1 aliphatic heterocycles. The molecule has 0 aliphatic carbocycles. The Bertz CT molecular complexity index is 1220. The van der Waals surface area contributed by atoms with Crippen molar-refractivity contribution in [2.75, 3.05) is 32.3 Å². The number of nitrogens with two attached hydrogens (primary N) is 2. The largest absolute Gasteiger partial charge is 0.490 e. The van der Waals surface area contributed by atoms with Crippen LogP contribution in [0.4, 0.5) is 5.82 Å². The smallest absolute Gasteiger partial charge is 0.382 e. The minimum absolute atomic E-state index is 0.0157. The van der Waals surface area contributed by atoms with Crippen LogP contribution in [0.25, 0.3) is 0 Å². The highest BCUT2D eigenvalue weighted by Crippen LogP contribution is 2.66. The van der Waals surface area contributed by atoms with E-state index in [9.17, 15) is 28.3 Å². The van der Waals surface area contributed by atoms with Crippen molar-refractivity contribution in [3.8, 4) is 11.8 Å². The van der Waals surface area contributed by atoms with Crippen LogP contribution in [0.5, 0.6) is 0 Å². The standard InChI is InChI=1S/C16H25N4O14P3/c1-2-6-29-10-30-12-7-14(20-8-11(4-3-5-17)15(18)19-16(20)21)32-13(12)9-31-36(25,26)34-37(27,28)33-35(22,23)24/h2,8,12-14H,1,5-7,9-10,17H2,(H,25,26)(H,27,28)(H2,18,19,21)(H2,22,23,24)/t12-,13-,14-/m1/s1. The first-order valence-electron chi connectivity index (χ1n) is 9.98. The average molecular weight is 590 g/mol. The molecule has 1 aromatic heterocycles. The summed E-state index contributed by atoms with van der Waals surface area (Å²) in [5.74, 6) is 5.07. The van der Waals surface area contributed by atoms with Gasteiger partial charge in [0.25, 0.3) is 0 Å². The fourth-order valence-corrected chi connectivity index (χ4v) is 5.89.